The van der Waals surface area contributed by atoms with Gasteiger partial charge in [0.1, 0.15) is 11.6 Å². The Hall–Kier alpha value is -3.15. The van der Waals surface area contributed by atoms with Gasteiger partial charge in [0.15, 0.2) is 5.78 Å². The molecule has 6 N–H and O–H groups in total. The Balaban J connectivity index is 0. The SMILES string of the molecule is C.CCC(CCC(=O)NCC(C)=O)C(=O)NC(CCC(=O)NC1CCC1)C(C)=O.CCC(CCC(=O)O)C(C)=O.NC1CCC1. The molecule has 2 aliphatic carbocycles. The minimum Gasteiger partial charge on any atom is -0.481 e. The van der Waals surface area contributed by atoms with Crippen LogP contribution in [-0.2, 0) is 33.6 Å². The first-order valence-electron chi connectivity index (χ1n) is 16.0. The van der Waals surface area contributed by atoms with Gasteiger partial charge in [0.05, 0.1) is 12.6 Å². The lowest BCUT2D eigenvalue weighted by Crippen LogP contribution is -2.44. The number of carboxylic acid groups (broad SMARTS) is 1. The third kappa shape index (κ3) is 22.1. The summed E-state index contributed by atoms with van der Waals surface area (Å²) in [7, 11) is 0. The van der Waals surface area contributed by atoms with Crippen molar-refractivity contribution in [2.75, 3.05) is 6.54 Å². The van der Waals surface area contributed by atoms with E-state index in [1.54, 1.807) is 0 Å². The summed E-state index contributed by atoms with van der Waals surface area (Å²) in [5.41, 5.74) is 5.38. The van der Waals surface area contributed by atoms with Gasteiger partial charge in [-0.3, -0.25) is 33.6 Å². The summed E-state index contributed by atoms with van der Waals surface area (Å²) in [6, 6.07) is 0.103. The highest BCUT2D eigenvalue weighted by atomic mass is 16.4. The first-order valence-corrected chi connectivity index (χ1v) is 16.0. The number of carbonyl (C=O) groups is 7. The lowest BCUT2D eigenvalue weighted by atomic mass is 9.93. The molecule has 0 aliphatic heterocycles. The van der Waals surface area contributed by atoms with Crippen LogP contribution in [0.25, 0.3) is 0 Å². The van der Waals surface area contributed by atoms with Crippen LogP contribution in [0.4, 0.5) is 0 Å². The van der Waals surface area contributed by atoms with Gasteiger partial charge in [0.25, 0.3) is 0 Å². The average molecular weight is 641 g/mol. The molecular formula is C33H60N4O8. The number of carbonyl (C=O) groups excluding carboxylic acids is 6. The van der Waals surface area contributed by atoms with E-state index in [9.17, 15) is 33.6 Å². The maximum atomic E-state index is 12.5. The molecular weight excluding hydrogens is 580 g/mol. The molecule has 0 aromatic rings. The molecule has 2 saturated carbocycles. The lowest BCUT2D eigenvalue weighted by Gasteiger charge is -2.26. The predicted molar refractivity (Wildman–Crippen MR) is 174 cm³/mol. The van der Waals surface area contributed by atoms with E-state index in [0.717, 1.165) is 25.7 Å². The van der Waals surface area contributed by atoms with Gasteiger partial charge in [0.2, 0.25) is 17.7 Å². The van der Waals surface area contributed by atoms with Gasteiger partial charge in [-0.05, 0) is 85.0 Å². The van der Waals surface area contributed by atoms with Gasteiger partial charge < -0.3 is 26.8 Å². The fourth-order valence-electron chi connectivity index (χ4n) is 4.36. The van der Waals surface area contributed by atoms with E-state index in [1.807, 2.05) is 13.8 Å². The van der Waals surface area contributed by atoms with Crippen LogP contribution in [0.15, 0.2) is 0 Å². The van der Waals surface area contributed by atoms with Crippen LogP contribution < -0.4 is 21.7 Å². The second kappa shape index (κ2) is 25.1. The van der Waals surface area contributed by atoms with Crippen molar-refractivity contribution in [2.24, 2.45) is 17.6 Å². The molecule has 0 heterocycles. The van der Waals surface area contributed by atoms with Gasteiger partial charge in [-0.15, -0.1) is 0 Å². The highest BCUT2D eigenvalue weighted by molar-refractivity contribution is 5.89. The van der Waals surface area contributed by atoms with Crippen molar-refractivity contribution >= 4 is 41.0 Å². The van der Waals surface area contributed by atoms with Crippen molar-refractivity contribution in [3.63, 3.8) is 0 Å². The first kappa shape index (κ1) is 44.0. The smallest absolute Gasteiger partial charge is 0.303 e. The molecule has 2 aliphatic rings. The van der Waals surface area contributed by atoms with E-state index < -0.39 is 17.9 Å². The number of nitrogens with one attached hydrogen (secondary N) is 3. The van der Waals surface area contributed by atoms with Crippen LogP contribution in [0.3, 0.4) is 0 Å². The molecule has 0 aromatic heterocycles. The van der Waals surface area contributed by atoms with E-state index >= 15 is 0 Å². The summed E-state index contributed by atoms with van der Waals surface area (Å²) in [5.74, 6) is -2.21. The Labute approximate surface area is 269 Å². The molecule has 0 aromatic carbocycles. The third-order valence-electron chi connectivity index (χ3n) is 7.98. The first-order chi connectivity index (χ1) is 20.7. The summed E-state index contributed by atoms with van der Waals surface area (Å²) in [6.07, 6.45) is 9.75. The number of rotatable bonds is 18. The molecule has 0 spiro atoms. The van der Waals surface area contributed by atoms with E-state index in [1.165, 1.54) is 40.0 Å². The second-order valence-corrected chi connectivity index (χ2v) is 11.9. The normalized spacial score (nSPS) is 15.7. The third-order valence-corrected chi connectivity index (χ3v) is 7.98. The summed E-state index contributed by atoms with van der Waals surface area (Å²) >= 11 is 0. The summed E-state index contributed by atoms with van der Waals surface area (Å²) in [4.78, 5) is 79.8. The number of amides is 3. The average Bonchev–Trinajstić information content (AvgIpc) is 2.91. The van der Waals surface area contributed by atoms with Crippen LogP contribution in [0.1, 0.15) is 132 Å². The van der Waals surface area contributed by atoms with E-state index in [-0.39, 0.29) is 86.7 Å². The number of hydrogen-bond acceptors (Lipinski definition) is 8. The topological polar surface area (TPSA) is 202 Å². The van der Waals surface area contributed by atoms with Crippen LogP contribution >= 0.6 is 0 Å². The molecule has 12 nitrogen and oxygen atoms in total. The van der Waals surface area contributed by atoms with Crippen LogP contribution in [0.2, 0.25) is 0 Å². The van der Waals surface area contributed by atoms with Crippen molar-refractivity contribution in [1.82, 2.24) is 16.0 Å². The Kier molecular flexibility index (Phi) is 24.5. The monoisotopic (exact) mass is 640 g/mol. The molecule has 3 atom stereocenters. The molecule has 260 valence electrons. The maximum absolute atomic E-state index is 12.5. The highest BCUT2D eigenvalue weighted by Crippen LogP contribution is 2.18. The summed E-state index contributed by atoms with van der Waals surface area (Å²) in [6.45, 7) is 8.01. The number of hydrogen-bond donors (Lipinski definition) is 5. The largest absolute Gasteiger partial charge is 0.481 e. The Morgan fingerprint density at radius 3 is 1.64 bits per heavy atom. The summed E-state index contributed by atoms with van der Waals surface area (Å²) in [5, 5.41) is 16.5. The minimum atomic E-state index is -0.829. The lowest BCUT2D eigenvalue weighted by molar-refractivity contribution is -0.137. The number of carboxylic acids is 1. The van der Waals surface area contributed by atoms with Crippen molar-refractivity contribution in [1.29, 1.82) is 0 Å². The maximum Gasteiger partial charge on any atom is 0.303 e. The molecule has 0 bridgehead atoms. The van der Waals surface area contributed by atoms with Gasteiger partial charge in [-0.1, -0.05) is 27.7 Å². The zero-order valence-electron chi connectivity index (χ0n) is 27.4. The number of Topliss-reactive ketones (excluding diaryl/α,β-unsaturated/α-hetero) is 3. The Bertz CT molecular complexity index is 947. The molecule has 2 fully saturated rings. The molecule has 2 rings (SSSR count). The Morgan fingerprint density at radius 1 is 0.756 bits per heavy atom. The molecule has 45 heavy (non-hydrogen) atoms. The van der Waals surface area contributed by atoms with Crippen molar-refractivity contribution in [2.45, 2.75) is 150 Å². The van der Waals surface area contributed by atoms with E-state index in [4.69, 9.17) is 10.8 Å². The van der Waals surface area contributed by atoms with Gasteiger partial charge in [0, 0.05) is 43.2 Å². The van der Waals surface area contributed by atoms with Crippen molar-refractivity contribution in [3.05, 3.63) is 0 Å². The van der Waals surface area contributed by atoms with Crippen molar-refractivity contribution in [3.8, 4) is 0 Å². The van der Waals surface area contributed by atoms with E-state index in [2.05, 4.69) is 16.0 Å². The fraction of sp³-hybridized carbons (Fsp3) is 0.788. The van der Waals surface area contributed by atoms with Gasteiger partial charge in [-0.2, -0.15) is 0 Å². The second-order valence-electron chi connectivity index (χ2n) is 11.9. The number of aliphatic carboxylic acids is 1. The quantitative estimate of drug-likeness (QED) is 0.148. The van der Waals surface area contributed by atoms with Crippen LogP contribution in [-0.4, -0.2) is 70.8 Å². The molecule has 12 heteroatoms. The molecule has 0 saturated heterocycles. The van der Waals surface area contributed by atoms with Crippen LogP contribution in [0, 0.1) is 11.8 Å². The number of nitrogens with two attached hydrogens (primary N) is 1. The standard InChI is InChI=1S/C20H33N3O5.C8H14O3.C4H9N.CH4/c1-4-15(8-10-18(26)21-12-13(2)24)20(28)23-17(14(3)25)9-11-19(27)22-16-6-5-7-16;1-3-7(6(2)9)4-5-8(10)11;5-4-2-1-3-4;/h15-17H,4-12H2,1-3H3,(H,21,26)(H,22,27)(H,23,28);7H,3-5H2,1-2H3,(H,10,11);4H,1-3,5H2;1H4. The zero-order chi connectivity index (χ0) is 33.7. The van der Waals surface area contributed by atoms with E-state index in [0.29, 0.717) is 25.3 Å². The molecule has 3 amide bonds. The Morgan fingerprint density at radius 2 is 1.27 bits per heavy atom. The van der Waals surface area contributed by atoms with Crippen molar-refractivity contribution < 1.29 is 38.7 Å². The minimum absolute atomic E-state index is 0. The van der Waals surface area contributed by atoms with Crippen LogP contribution in [0.5, 0.6) is 0 Å². The molecule has 3 unspecified atom stereocenters. The summed E-state index contributed by atoms with van der Waals surface area (Å²) < 4.78 is 0. The zero-order valence-corrected chi connectivity index (χ0v) is 27.4. The van der Waals surface area contributed by atoms with Gasteiger partial charge in [-0.25, -0.2) is 0 Å². The predicted octanol–water partition coefficient (Wildman–Crippen LogP) is 3.62. The molecule has 0 radical (unpaired) electrons. The van der Waals surface area contributed by atoms with Gasteiger partial charge >= 0.3 is 5.97 Å². The fourth-order valence-corrected chi connectivity index (χ4v) is 4.36. The highest BCUT2D eigenvalue weighted by Gasteiger charge is 2.25. The number of ketones is 3.